The van der Waals surface area contributed by atoms with Crippen molar-refractivity contribution in [3.05, 3.63) is 29.3 Å². The summed E-state index contributed by atoms with van der Waals surface area (Å²) >= 11 is 0. The van der Waals surface area contributed by atoms with Gasteiger partial charge in [-0.3, -0.25) is 4.79 Å². The Labute approximate surface area is 121 Å². The minimum absolute atomic E-state index is 0.0101. The minimum Gasteiger partial charge on any atom is -0.496 e. The molecule has 0 N–H and O–H groups in total. The van der Waals surface area contributed by atoms with Crippen molar-refractivity contribution in [2.24, 2.45) is 5.92 Å². The first-order valence-electron chi connectivity index (χ1n) is 7.02. The maximum Gasteiger partial charge on any atom is 0.258 e. The molecule has 0 unspecified atom stereocenters. The van der Waals surface area contributed by atoms with E-state index in [0.29, 0.717) is 25.7 Å². The van der Waals surface area contributed by atoms with Crippen LogP contribution in [-0.4, -0.2) is 43.7 Å². The van der Waals surface area contributed by atoms with E-state index >= 15 is 0 Å². The molecule has 1 aliphatic carbocycles. The molecular weight excluding hydrogens is 280 g/mol. The maximum atomic E-state index is 13.5. The van der Waals surface area contributed by atoms with Crippen molar-refractivity contribution in [1.29, 1.82) is 0 Å². The SMILES string of the molecule is COc1cc(F)c(F)cc1C(=O)N(CC1CC1)C1COC1. The molecule has 0 spiro atoms. The molecule has 114 valence electrons. The first kappa shape index (κ1) is 14.3. The zero-order valence-electron chi connectivity index (χ0n) is 11.8. The van der Waals surface area contributed by atoms with Crippen LogP contribution >= 0.6 is 0 Å². The summed E-state index contributed by atoms with van der Waals surface area (Å²) in [5.74, 6) is -1.84. The molecule has 0 bridgehead atoms. The summed E-state index contributed by atoms with van der Waals surface area (Å²) in [7, 11) is 1.33. The molecule has 1 aromatic rings. The summed E-state index contributed by atoms with van der Waals surface area (Å²) < 4.78 is 36.9. The van der Waals surface area contributed by atoms with E-state index in [-0.39, 0.29) is 23.3 Å². The highest BCUT2D eigenvalue weighted by molar-refractivity contribution is 5.97. The third kappa shape index (κ3) is 2.85. The Morgan fingerprint density at radius 1 is 1.33 bits per heavy atom. The second kappa shape index (κ2) is 5.60. The monoisotopic (exact) mass is 297 g/mol. The van der Waals surface area contributed by atoms with Crippen molar-refractivity contribution in [1.82, 2.24) is 4.90 Å². The molecule has 0 radical (unpaired) electrons. The van der Waals surface area contributed by atoms with E-state index in [9.17, 15) is 13.6 Å². The van der Waals surface area contributed by atoms with Crippen LogP contribution in [0, 0.1) is 17.6 Å². The molecule has 1 heterocycles. The number of benzene rings is 1. The largest absolute Gasteiger partial charge is 0.496 e. The molecule has 0 aromatic heterocycles. The van der Waals surface area contributed by atoms with Gasteiger partial charge in [0.25, 0.3) is 5.91 Å². The van der Waals surface area contributed by atoms with Gasteiger partial charge in [0.05, 0.1) is 31.9 Å². The molecule has 21 heavy (non-hydrogen) atoms. The van der Waals surface area contributed by atoms with Crippen LogP contribution in [-0.2, 0) is 4.74 Å². The topological polar surface area (TPSA) is 38.8 Å². The molecule has 6 heteroatoms. The normalized spacial score (nSPS) is 18.2. The lowest BCUT2D eigenvalue weighted by Crippen LogP contribution is -2.52. The number of ether oxygens (including phenoxy) is 2. The van der Waals surface area contributed by atoms with Gasteiger partial charge in [0.15, 0.2) is 11.6 Å². The van der Waals surface area contributed by atoms with Gasteiger partial charge in [-0.15, -0.1) is 0 Å². The minimum atomic E-state index is -1.05. The van der Waals surface area contributed by atoms with E-state index < -0.39 is 11.6 Å². The van der Waals surface area contributed by atoms with Gasteiger partial charge in [-0.05, 0) is 24.8 Å². The highest BCUT2D eigenvalue weighted by Gasteiger charge is 2.36. The Morgan fingerprint density at radius 2 is 2.00 bits per heavy atom. The molecule has 2 fully saturated rings. The molecule has 3 rings (SSSR count). The van der Waals surface area contributed by atoms with Crippen molar-refractivity contribution in [3.63, 3.8) is 0 Å². The fourth-order valence-electron chi connectivity index (χ4n) is 2.40. The average molecular weight is 297 g/mol. The van der Waals surface area contributed by atoms with E-state index in [4.69, 9.17) is 9.47 Å². The van der Waals surface area contributed by atoms with Gasteiger partial charge in [-0.2, -0.15) is 0 Å². The Balaban J connectivity index is 1.88. The van der Waals surface area contributed by atoms with Crippen LogP contribution in [0.5, 0.6) is 5.75 Å². The van der Waals surface area contributed by atoms with E-state index in [1.54, 1.807) is 4.90 Å². The van der Waals surface area contributed by atoms with Gasteiger partial charge in [-0.1, -0.05) is 0 Å². The van der Waals surface area contributed by atoms with Crippen molar-refractivity contribution >= 4 is 5.91 Å². The van der Waals surface area contributed by atoms with E-state index in [0.717, 1.165) is 25.0 Å². The van der Waals surface area contributed by atoms with Crippen molar-refractivity contribution in [3.8, 4) is 5.75 Å². The van der Waals surface area contributed by atoms with Crippen molar-refractivity contribution < 1.29 is 23.0 Å². The summed E-state index contributed by atoms with van der Waals surface area (Å²) in [6, 6.07) is 1.83. The third-order valence-corrected chi connectivity index (χ3v) is 3.95. The van der Waals surface area contributed by atoms with E-state index in [2.05, 4.69) is 0 Å². The molecule has 2 aliphatic rings. The zero-order valence-corrected chi connectivity index (χ0v) is 11.8. The number of methoxy groups -OCH3 is 1. The third-order valence-electron chi connectivity index (χ3n) is 3.95. The van der Waals surface area contributed by atoms with Gasteiger partial charge in [-0.25, -0.2) is 8.78 Å². The van der Waals surface area contributed by atoms with Crippen LogP contribution in [0.2, 0.25) is 0 Å². The van der Waals surface area contributed by atoms with Crippen LogP contribution in [0.1, 0.15) is 23.2 Å². The lowest BCUT2D eigenvalue weighted by atomic mass is 10.1. The number of hydrogen-bond donors (Lipinski definition) is 0. The maximum absolute atomic E-state index is 13.5. The fourth-order valence-corrected chi connectivity index (χ4v) is 2.40. The molecule has 0 atom stereocenters. The summed E-state index contributed by atoms with van der Waals surface area (Å²) in [5, 5.41) is 0. The number of hydrogen-bond acceptors (Lipinski definition) is 3. The molecule has 1 aromatic carbocycles. The Kier molecular flexibility index (Phi) is 3.80. The quantitative estimate of drug-likeness (QED) is 0.836. The number of nitrogens with zero attached hydrogens (tertiary/aromatic N) is 1. The summed E-state index contributed by atoms with van der Waals surface area (Å²) in [5.41, 5.74) is 0.0592. The molecule has 1 aliphatic heterocycles. The molecule has 1 amide bonds. The first-order valence-corrected chi connectivity index (χ1v) is 7.02. The van der Waals surface area contributed by atoms with Crippen LogP contribution in [0.4, 0.5) is 8.78 Å². The lowest BCUT2D eigenvalue weighted by molar-refractivity contribution is -0.0552. The predicted molar refractivity (Wildman–Crippen MR) is 71.3 cm³/mol. The van der Waals surface area contributed by atoms with E-state index in [1.807, 2.05) is 0 Å². The van der Waals surface area contributed by atoms with Gasteiger partial charge >= 0.3 is 0 Å². The number of amides is 1. The number of halogens is 2. The zero-order chi connectivity index (χ0) is 15.0. The van der Waals surface area contributed by atoms with Crippen LogP contribution < -0.4 is 4.74 Å². The number of rotatable bonds is 5. The molecule has 1 saturated heterocycles. The Hall–Kier alpha value is -1.69. The van der Waals surface area contributed by atoms with Gasteiger partial charge in [0, 0.05) is 12.6 Å². The first-order chi connectivity index (χ1) is 10.1. The second-order valence-corrected chi connectivity index (χ2v) is 5.56. The van der Waals surface area contributed by atoms with Gasteiger partial charge in [0.1, 0.15) is 5.75 Å². The average Bonchev–Trinajstić information content (AvgIpc) is 3.21. The highest BCUT2D eigenvalue weighted by atomic mass is 19.2. The highest BCUT2D eigenvalue weighted by Crippen LogP contribution is 2.33. The molecule has 4 nitrogen and oxygen atoms in total. The summed E-state index contributed by atoms with van der Waals surface area (Å²) in [4.78, 5) is 14.4. The molecular formula is C15H17F2NO3. The van der Waals surface area contributed by atoms with Gasteiger partial charge in [0.2, 0.25) is 0 Å². The fraction of sp³-hybridized carbons (Fsp3) is 0.533. The lowest BCUT2D eigenvalue weighted by Gasteiger charge is -2.37. The standard InChI is InChI=1S/C15H17F2NO3/c1-20-14-5-13(17)12(16)4-11(14)15(19)18(6-9-2-3-9)10-7-21-8-10/h4-5,9-10H,2-3,6-8H2,1H3. The van der Waals surface area contributed by atoms with Crippen LogP contribution in [0.3, 0.4) is 0 Å². The van der Waals surface area contributed by atoms with Crippen molar-refractivity contribution in [2.75, 3.05) is 26.9 Å². The smallest absolute Gasteiger partial charge is 0.258 e. The van der Waals surface area contributed by atoms with E-state index in [1.165, 1.54) is 7.11 Å². The number of carbonyl (C=O) groups is 1. The summed E-state index contributed by atoms with van der Waals surface area (Å²) in [6.45, 7) is 1.61. The predicted octanol–water partition coefficient (Wildman–Crippen LogP) is 2.22. The Bertz CT molecular complexity index is 556. The second-order valence-electron chi connectivity index (χ2n) is 5.56. The number of carbonyl (C=O) groups excluding carboxylic acids is 1. The van der Waals surface area contributed by atoms with Crippen molar-refractivity contribution in [2.45, 2.75) is 18.9 Å². The van der Waals surface area contributed by atoms with Crippen LogP contribution in [0.25, 0.3) is 0 Å². The Morgan fingerprint density at radius 3 is 2.52 bits per heavy atom. The summed E-state index contributed by atoms with van der Waals surface area (Å²) in [6.07, 6.45) is 2.21. The molecule has 1 saturated carbocycles. The van der Waals surface area contributed by atoms with Gasteiger partial charge < -0.3 is 14.4 Å². The van der Waals surface area contributed by atoms with Crippen LogP contribution in [0.15, 0.2) is 12.1 Å².